The number of hydrogen-bond donors (Lipinski definition) is 1. The number of ether oxygens (including phenoxy) is 2. The summed E-state index contributed by atoms with van der Waals surface area (Å²) in [6.45, 7) is 2.42. The van der Waals surface area contributed by atoms with Gasteiger partial charge in [0.2, 0.25) is 0 Å². The molecule has 3 aromatic rings. The van der Waals surface area contributed by atoms with Gasteiger partial charge in [-0.25, -0.2) is 9.59 Å². The molecule has 0 amide bonds. The number of carbonyl (C=O) groups is 1. The van der Waals surface area contributed by atoms with E-state index in [0.717, 1.165) is 10.9 Å². The van der Waals surface area contributed by atoms with E-state index in [4.69, 9.17) is 13.9 Å². The first-order valence-corrected chi connectivity index (χ1v) is 8.23. The Morgan fingerprint density at radius 3 is 2.73 bits per heavy atom. The first-order valence-electron chi connectivity index (χ1n) is 8.23. The first-order chi connectivity index (χ1) is 12.6. The van der Waals surface area contributed by atoms with Crippen molar-refractivity contribution in [1.82, 2.24) is 0 Å². The Hall–Kier alpha value is -3.28. The zero-order valence-electron chi connectivity index (χ0n) is 14.6. The van der Waals surface area contributed by atoms with Crippen molar-refractivity contribution < 1.29 is 18.7 Å². The lowest BCUT2D eigenvalue weighted by Crippen LogP contribution is -2.11. The summed E-state index contributed by atoms with van der Waals surface area (Å²) >= 11 is 0. The summed E-state index contributed by atoms with van der Waals surface area (Å²) in [7, 11) is 1.55. The second kappa shape index (κ2) is 7.74. The molecular formula is C20H19NO5. The number of carbonyl (C=O) groups excluding carboxylic acids is 1. The Labute approximate surface area is 150 Å². The van der Waals surface area contributed by atoms with Crippen molar-refractivity contribution in [3.63, 3.8) is 0 Å². The molecule has 0 saturated heterocycles. The Morgan fingerprint density at radius 2 is 1.96 bits per heavy atom. The van der Waals surface area contributed by atoms with E-state index in [0.29, 0.717) is 35.7 Å². The fourth-order valence-electron chi connectivity index (χ4n) is 2.70. The third kappa shape index (κ3) is 3.69. The van der Waals surface area contributed by atoms with Gasteiger partial charge in [-0.3, -0.25) is 0 Å². The first kappa shape index (κ1) is 17.5. The van der Waals surface area contributed by atoms with Crippen LogP contribution in [0.1, 0.15) is 22.8 Å². The molecule has 1 heterocycles. The number of anilines is 1. The molecule has 0 atom stereocenters. The molecule has 2 aromatic carbocycles. The van der Waals surface area contributed by atoms with Crippen LogP contribution >= 0.6 is 0 Å². The van der Waals surface area contributed by atoms with E-state index in [9.17, 15) is 9.59 Å². The molecule has 0 unspecified atom stereocenters. The summed E-state index contributed by atoms with van der Waals surface area (Å²) < 4.78 is 15.5. The molecule has 0 fully saturated rings. The van der Waals surface area contributed by atoms with Gasteiger partial charge in [0.05, 0.1) is 19.3 Å². The lowest BCUT2D eigenvalue weighted by atomic mass is 10.1. The molecule has 0 aliphatic rings. The molecule has 0 bridgehead atoms. The minimum atomic E-state index is -0.443. The Kier molecular flexibility index (Phi) is 5.22. The minimum absolute atomic E-state index is 0.305. The normalized spacial score (nSPS) is 10.5. The van der Waals surface area contributed by atoms with Crippen LogP contribution in [0.5, 0.6) is 5.75 Å². The average Bonchev–Trinajstić information content (AvgIpc) is 2.65. The number of nitrogens with one attached hydrogen (secondary N) is 1. The van der Waals surface area contributed by atoms with Crippen LogP contribution in [-0.2, 0) is 11.3 Å². The van der Waals surface area contributed by atoms with Crippen molar-refractivity contribution >= 4 is 22.6 Å². The summed E-state index contributed by atoms with van der Waals surface area (Å²) in [4.78, 5) is 23.9. The highest BCUT2D eigenvalue weighted by Crippen LogP contribution is 2.24. The molecule has 0 aliphatic heterocycles. The van der Waals surface area contributed by atoms with E-state index >= 15 is 0 Å². The number of fused-ring (bicyclic) bond motifs is 1. The molecule has 26 heavy (non-hydrogen) atoms. The van der Waals surface area contributed by atoms with E-state index in [-0.39, 0.29) is 0 Å². The third-order valence-electron chi connectivity index (χ3n) is 3.93. The summed E-state index contributed by atoms with van der Waals surface area (Å²) in [6.07, 6.45) is 0. The van der Waals surface area contributed by atoms with Crippen LogP contribution in [-0.4, -0.2) is 19.7 Å². The van der Waals surface area contributed by atoms with Gasteiger partial charge in [0.1, 0.15) is 11.3 Å². The predicted octanol–water partition coefficient (Wildman–Crippen LogP) is 3.59. The second-order valence-electron chi connectivity index (χ2n) is 5.57. The average molecular weight is 353 g/mol. The van der Waals surface area contributed by atoms with Crippen LogP contribution in [0.3, 0.4) is 0 Å². The summed E-state index contributed by atoms with van der Waals surface area (Å²) in [6, 6.07) is 13.8. The number of hydrogen-bond acceptors (Lipinski definition) is 6. The summed E-state index contributed by atoms with van der Waals surface area (Å²) in [5.41, 5.74) is 1.86. The van der Waals surface area contributed by atoms with Crippen molar-refractivity contribution in [2.75, 3.05) is 19.0 Å². The van der Waals surface area contributed by atoms with E-state index in [1.807, 2.05) is 12.1 Å². The van der Waals surface area contributed by atoms with E-state index in [1.54, 1.807) is 44.4 Å². The zero-order chi connectivity index (χ0) is 18.5. The van der Waals surface area contributed by atoms with Crippen LogP contribution in [0.2, 0.25) is 0 Å². The summed E-state index contributed by atoms with van der Waals surface area (Å²) in [5, 5.41) is 4.00. The lowest BCUT2D eigenvalue weighted by molar-refractivity contribution is 0.0527. The topological polar surface area (TPSA) is 77.8 Å². The fourth-order valence-corrected chi connectivity index (χ4v) is 2.70. The van der Waals surface area contributed by atoms with Gasteiger partial charge in [-0.2, -0.15) is 0 Å². The molecule has 0 aliphatic carbocycles. The quantitative estimate of drug-likeness (QED) is 0.539. The maximum absolute atomic E-state index is 12.1. The monoisotopic (exact) mass is 353 g/mol. The largest absolute Gasteiger partial charge is 0.497 e. The lowest BCUT2D eigenvalue weighted by Gasteiger charge is -2.12. The van der Waals surface area contributed by atoms with Gasteiger partial charge < -0.3 is 19.2 Å². The molecule has 6 nitrogen and oxygen atoms in total. The van der Waals surface area contributed by atoms with Crippen LogP contribution in [0.4, 0.5) is 5.69 Å². The second-order valence-corrected chi connectivity index (χ2v) is 5.57. The Morgan fingerprint density at radius 1 is 1.15 bits per heavy atom. The van der Waals surface area contributed by atoms with Crippen molar-refractivity contribution in [1.29, 1.82) is 0 Å². The van der Waals surface area contributed by atoms with Gasteiger partial charge in [0.15, 0.2) is 0 Å². The Bertz CT molecular complexity index is 993. The Balaban J connectivity index is 1.91. The zero-order valence-corrected chi connectivity index (χ0v) is 14.6. The smallest absolute Gasteiger partial charge is 0.340 e. The van der Waals surface area contributed by atoms with Crippen LogP contribution in [0.25, 0.3) is 11.0 Å². The fraction of sp³-hybridized carbons (Fsp3) is 0.200. The van der Waals surface area contributed by atoms with Gasteiger partial charge in [0.25, 0.3) is 0 Å². The van der Waals surface area contributed by atoms with Crippen molar-refractivity contribution in [2.45, 2.75) is 13.5 Å². The van der Waals surface area contributed by atoms with E-state index in [1.165, 1.54) is 6.07 Å². The van der Waals surface area contributed by atoms with Gasteiger partial charge in [-0.1, -0.05) is 12.1 Å². The maximum Gasteiger partial charge on any atom is 0.340 e. The molecule has 1 N–H and O–H groups in total. The molecule has 0 spiro atoms. The molecule has 0 saturated carbocycles. The highest BCUT2D eigenvalue weighted by atomic mass is 16.5. The number of rotatable bonds is 6. The number of para-hydroxylation sites is 1. The molecule has 1 aromatic heterocycles. The summed E-state index contributed by atoms with van der Waals surface area (Å²) in [5.74, 6) is 0.219. The maximum atomic E-state index is 12.1. The van der Waals surface area contributed by atoms with Crippen molar-refractivity contribution in [3.8, 4) is 5.75 Å². The SMILES string of the molecule is CCOC(=O)c1ccccc1NCc1cc(=O)oc2cc(OC)ccc12. The molecule has 3 rings (SSSR count). The van der Waals surface area contributed by atoms with Crippen LogP contribution < -0.4 is 15.7 Å². The van der Waals surface area contributed by atoms with Gasteiger partial charge in [-0.05, 0) is 36.8 Å². The number of benzene rings is 2. The predicted molar refractivity (Wildman–Crippen MR) is 98.8 cm³/mol. The molecule has 134 valence electrons. The minimum Gasteiger partial charge on any atom is -0.497 e. The van der Waals surface area contributed by atoms with Gasteiger partial charge in [-0.15, -0.1) is 0 Å². The van der Waals surface area contributed by atoms with Crippen molar-refractivity contribution in [2.24, 2.45) is 0 Å². The van der Waals surface area contributed by atoms with Crippen LogP contribution in [0, 0.1) is 0 Å². The third-order valence-corrected chi connectivity index (χ3v) is 3.93. The van der Waals surface area contributed by atoms with Crippen molar-refractivity contribution in [3.05, 3.63) is 70.1 Å². The van der Waals surface area contributed by atoms with E-state index in [2.05, 4.69) is 5.32 Å². The number of methoxy groups -OCH3 is 1. The standard InChI is InChI=1S/C20H19NO5/c1-3-25-20(23)16-6-4-5-7-17(16)21-12-13-10-19(22)26-18-11-14(24-2)8-9-15(13)18/h4-11,21H,3,12H2,1-2H3. The molecular weight excluding hydrogens is 334 g/mol. The van der Waals surface area contributed by atoms with Gasteiger partial charge >= 0.3 is 11.6 Å². The highest BCUT2D eigenvalue weighted by Gasteiger charge is 2.13. The van der Waals surface area contributed by atoms with Crippen LogP contribution in [0.15, 0.2) is 57.7 Å². The highest BCUT2D eigenvalue weighted by molar-refractivity contribution is 5.95. The van der Waals surface area contributed by atoms with E-state index < -0.39 is 11.6 Å². The molecule has 0 radical (unpaired) electrons. The van der Waals surface area contributed by atoms with Gasteiger partial charge in [0, 0.05) is 29.8 Å². The number of esters is 1. The molecule has 6 heteroatoms.